The van der Waals surface area contributed by atoms with Gasteiger partial charge in [0.2, 0.25) is 0 Å². The fourth-order valence-electron chi connectivity index (χ4n) is 2.42. The molecule has 1 fully saturated rings. The van der Waals surface area contributed by atoms with Gasteiger partial charge in [0.05, 0.1) is 13.0 Å². The summed E-state index contributed by atoms with van der Waals surface area (Å²) >= 11 is 0. The van der Waals surface area contributed by atoms with Gasteiger partial charge in [0.1, 0.15) is 0 Å². The molecule has 0 aliphatic carbocycles. The number of hydrogen-bond donors (Lipinski definition) is 0. The zero-order chi connectivity index (χ0) is 12.5. The van der Waals surface area contributed by atoms with Gasteiger partial charge in [-0.15, -0.1) is 6.58 Å². The average molecular weight is 239 g/mol. The maximum absolute atomic E-state index is 11.5. The molecule has 0 amide bonds. The summed E-state index contributed by atoms with van der Waals surface area (Å²) < 4.78 is 4.82. The Kier molecular flexibility index (Phi) is 6.94. The van der Waals surface area contributed by atoms with Crippen LogP contribution in [-0.2, 0) is 9.53 Å². The lowest BCUT2D eigenvalue weighted by Gasteiger charge is -2.31. The highest BCUT2D eigenvalue weighted by Gasteiger charge is 2.25. The van der Waals surface area contributed by atoms with Crippen LogP contribution in [0.25, 0.3) is 0 Å². The van der Waals surface area contributed by atoms with E-state index in [-0.39, 0.29) is 11.9 Å². The molecule has 0 bridgehead atoms. The summed E-state index contributed by atoms with van der Waals surface area (Å²) in [5.74, 6) is 0.0586. The second-order valence-corrected chi connectivity index (χ2v) is 4.80. The van der Waals surface area contributed by atoms with Gasteiger partial charge >= 0.3 is 5.97 Å². The van der Waals surface area contributed by atoms with Gasteiger partial charge in [-0.3, -0.25) is 4.79 Å². The molecule has 0 radical (unpaired) electrons. The predicted molar refractivity (Wildman–Crippen MR) is 69.8 cm³/mol. The fourth-order valence-corrected chi connectivity index (χ4v) is 2.42. The number of methoxy groups -OCH3 is 1. The molecule has 1 heterocycles. The standard InChI is InChI=1S/C14H25NO2/c1-3-4-5-6-7-10-15-11-8-9-13(12-15)14(16)17-2/h3,13H,1,4-12H2,2H3/t13-/m0/s1. The van der Waals surface area contributed by atoms with Crippen LogP contribution in [0.1, 0.15) is 38.5 Å². The first-order valence-corrected chi connectivity index (χ1v) is 6.69. The Morgan fingerprint density at radius 3 is 3.00 bits per heavy atom. The largest absolute Gasteiger partial charge is 0.469 e. The van der Waals surface area contributed by atoms with Crippen molar-refractivity contribution in [2.45, 2.75) is 38.5 Å². The van der Waals surface area contributed by atoms with Crippen molar-refractivity contribution in [3.05, 3.63) is 12.7 Å². The Bertz CT molecular complexity index is 240. The minimum atomic E-state index is -0.0404. The minimum Gasteiger partial charge on any atom is -0.469 e. The second-order valence-electron chi connectivity index (χ2n) is 4.80. The van der Waals surface area contributed by atoms with Crippen molar-refractivity contribution in [3.8, 4) is 0 Å². The number of hydrogen-bond acceptors (Lipinski definition) is 3. The van der Waals surface area contributed by atoms with Crippen molar-refractivity contribution in [2.24, 2.45) is 5.92 Å². The third-order valence-corrected chi connectivity index (χ3v) is 3.42. The summed E-state index contributed by atoms with van der Waals surface area (Å²) in [6.07, 6.45) is 8.91. The van der Waals surface area contributed by atoms with E-state index in [0.29, 0.717) is 0 Å². The molecule has 0 spiro atoms. The normalized spacial score (nSPS) is 21.1. The van der Waals surface area contributed by atoms with Gasteiger partial charge < -0.3 is 9.64 Å². The summed E-state index contributed by atoms with van der Waals surface area (Å²) in [4.78, 5) is 13.9. The molecule has 98 valence electrons. The highest BCUT2D eigenvalue weighted by Crippen LogP contribution is 2.18. The Morgan fingerprint density at radius 1 is 1.47 bits per heavy atom. The van der Waals surface area contributed by atoms with Gasteiger partial charge in [0.25, 0.3) is 0 Å². The van der Waals surface area contributed by atoms with E-state index in [1.165, 1.54) is 26.4 Å². The molecule has 0 aromatic heterocycles. The topological polar surface area (TPSA) is 29.5 Å². The first kappa shape index (κ1) is 14.2. The molecule has 0 N–H and O–H groups in total. The molecule has 1 saturated heterocycles. The number of carbonyl (C=O) groups is 1. The smallest absolute Gasteiger partial charge is 0.309 e. The van der Waals surface area contributed by atoms with E-state index in [2.05, 4.69) is 11.5 Å². The van der Waals surface area contributed by atoms with Crippen LogP contribution in [0.15, 0.2) is 12.7 Å². The number of carbonyl (C=O) groups excluding carboxylic acids is 1. The summed E-state index contributed by atoms with van der Waals surface area (Å²) in [5, 5.41) is 0. The third-order valence-electron chi connectivity index (χ3n) is 3.42. The molecule has 0 aromatic carbocycles. The number of allylic oxidation sites excluding steroid dienone is 1. The van der Waals surface area contributed by atoms with Gasteiger partial charge in [-0.05, 0) is 45.2 Å². The lowest BCUT2D eigenvalue weighted by Crippen LogP contribution is -2.39. The SMILES string of the molecule is C=CCCCCCN1CCC[C@H](C(=O)OC)C1. The van der Waals surface area contributed by atoms with E-state index in [9.17, 15) is 4.79 Å². The molecule has 0 unspecified atom stereocenters. The number of nitrogens with zero attached hydrogens (tertiary/aromatic N) is 1. The van der Waals surface area contributed by atoms with Gasteiger partial charge in [0, 0.05) is 6.54 Å². The van der Waals surface area contributed by atoms with Crippen molar-refractivity contribution in [1.29, 1.82) is 0 Å². The Balaban J connectivity index is 2.16. The number of likely N-dealkylation sites (tertiary alicyclic amines) is 1. The average Bonchev–Trinajstić information content (AvgIpc) is 2.38. The van der Waals surface area contributed by atoms with Crippen molar-refractivity contribution >= 4 is 5.97 Å². The van der Waals surface area contributed by atoms with Gasteiger partial charge in [-0.1, -0.05) is 12.5 Å². The monoisotopic (exact) mass is 239 g/mol. The molecule has 17 heavy (non-hydrogen) atoms. The van der Waals surface area contributed by atoms with Crippen molar-refractivity contribution in [1.82, 2.24) is 4.90 Å². The maximum Gasteiger partial charge on any atom is 0.309 e. The lowest BCUT2D eigenvalue weighted by molar-refractivity contribution is -0.147. The van der Waals surface area contributed by atoms with Crippen LogP contribution >= 0.6 is 0 Å². The molecular formula is C14H25NO2. The first-order valence-electron chi connectivity index (χ1n) is 6.69. The van der Waals surface area contributed by atoms with E-state index in [0.717, 1.165) is 38.9 Å². The quantitative estimate of drug-likeness (QED) is 0.388. The third kappa shape index (κ3) is 5.35. The molecule has 1 aliphatic heterocycles. The number of ether oxygens (including phenoxy) is 1. The van der Waals surface area contributed by atoms with Crippen LogP contribution < -0.4 is 0 Å². The molecule has 1 aliphatic rings. The van der Waals surface area contributed by atoms with E-state index in [4.69, 9.17) is 4.74 Å². The highest BCUT2D eigenvalue weighted by atomic mass is 16.5. The predicted octanol–water partition coefficient (Wildman–Crippen LogP) is 2.62. The molecule has 1 atom stereocenters. The van der Waals surface area contributed by atoms with Crippen LogP contribution in [0.3, 0.4) is 0 Å². The van der Waals surface area contributed by atoms with Crippen molar-refractivity contribution in [3.63, 3.8) is 0 Å². The van der Waals surface area contributed by atoms with E-state index < -0.39 is 0 Å². The lowest BCUT2D eigenvalue weighted by atomic mass is 9.98. The number of esters is 1. The molecule has 3 nitrogen and oxygen atoms in total. The van der Waals surface area contributed by atoms with E-state index >= 15 is 0 Å². The first-order chi connectivity index (χ1) is 8.27. The maximum atomic E-state index is 11.5. The summed E-state index contributed by atoms with van der Waals surface area (Å²) in [6.45, 7) is 6.86. The van der Waals surface area contributed by atoms with Crippen LogP contribution in [0.4, 0.5) is 0 Å². The number of unbranched alkanes of at least 4 members (excludes halogenated alkanes) is 3. The summed E-state index contributed by atoms with van der Waals surface area (Å²) in [5.41, 5.74) is 0. The molecule has 0 aromatic rings. The van der Waals surface area contributed by atoms with Crippen LogP contribution in [0, 0.1) is 5.92 Å². The zero-order valence-electron chi connectivity index (χ0n) is 11.0. The Labute approximate surface area is 105 Å². The summed E-state index contributed by atoms with van der Waals surface area (Å²) in [7, 11) is 1.48. The van der Waals surface area contributed by atoms with E-state index in [1.807, 2.05) is 6.08 Å². The highest BCUT2D eigenvalue weighted by molar-refractivity contribution is 5.72. The van der Waals surface area contributed by atoms with Gasteiger partial charge in [0.15, 0.2) is 0 Å². The molecular weight excluding hydrogens is 214 g/mol. The van der Waals surface area contributed by atoms with Crippen molar-refractivity contribution in [2.75, 3.05) is 26.7 Å². The fraction of sp³-hybridized carbons (Fsp3) is 0.786. The number of piperidine rings is 1. The molecule has 3 heteroatoms. The Hall–Kier alpha value is -0.830. The van der Waals surface area contributed by atoms with Crippen LogP contribution in [-0.4, -0.2) is 37.6 Å². The van der Waals surface area contributed by atoms with Crippen LogP contribution in [0.5, 0.6) is 0 Å². The van der Waals surface area contributed by atoms with E-state index in [1.54, 1.807) is 0 Å². The van der Waals surface area contributed by atoms with Crippen LogP contribution in [0.2, 0.25) is 0 Å². The molecule has 1 rings (SSSR count). The minimum absolute atomic E-state index is 0.0404. The van der Waals surface area contributed by atoms with Crippen molar-refractivity contribution < 1.29 is 9.53 Å². The Morgan fingerprint density at radius 2 is 2.29 bits per heavy atom. The zero-order valence-corrected chi connectivity index (χ0v) is 11.0. The van der Waals surface area contributed by atoms with Gasteiger partial charge in [-0.2, -0.15) is 0 Å². The van der Waals surface area contributed by atoms with Gasteiger partial charge in [-0.25, -0.2) is 0 Å². The second kappa shape index (κ2) is 8.29. The summed E-state index contributed by atoms with van der Waals surface area (Å²) in [6, 6.07) is 0. The number of rotatable bonds is 7. The molecule has 0 saturated carbocycles.